The number of allylic oxidation sites excluding steroid dienone is 1. The molecule has 0 aromatic heterocycles. The Morgan fingerprint density at radius 1 is 1.50 bits per heavy atom. The number of carbonyl (C=O) groups excluding carboxylic acids is 1. The van der Waals surface area contributed by atoms with Crippen LogP contribution in [-0.4, -0.2) is 11.3 Å². The largest absolute Gasteiger partial charge is 0.430 e. The van der Waals surface area contributed by atoms with Gasteiger partial charge >= 0.3 is 5.97 Å². The van der Waals surface area contributed by atoms with Crippen molar-refractivity contribution >= 4 is 37.8 Å². The highest BCUT2D eigenvalue weighted by molar-refractivity contribution is 9.11. The molecule has 0 aliphatic heterocycles. The Morgan fingerprint density at radius 2 is 2.22 bits per heavy atom. The van der Waals surface area contributed by atoms with E-state index in [-0.39, 0.29) is 12.2 Å². The average Bonchev–Trinajstić information content (AvgIpc) is 2.34. The van der Waals surface area contributed by atoms with E-state index in [0.717, 1.165) is 0 Å². The van der Waals surface area contributed by atoms with Gasteiger partial charge in [0.05, 0.1) is 6.42 Å². The molecular weight excluding hydrogens is 367 g/mol. The van der Waals surface area contributed by atoms with Crippen LogP contribution in [0.4, 0.5) is 4.39 Å². The van der Waals surface area contributed by atoms with Crippen LogP contribution in [0.2, 0.25) is 0 Å². The van der Waals surface area contributed by atoms with Crippen molar-refractivity contribution in [3.05, 3.63) is 45.9 Å². The summed E-state index contributed by atoms with van der Waals surface area (Å²) in [5.74, 6) is -0.154. The minimum Gasteiger partial charge on any atom is -0.430 e. The summed E-state index contributed by atoms with van der Waals surface area (Å²) >= 11 is 6.40. The molecule has 0 heterocycles. The van der Waals surface area contributed by atoms with Crippen LogP contribution in [0.25, 0.3) is 0 Å². The van der Waals surface area contributed by atoms with Gasteiger partial charge in [-0.3, -0.25) is 4.79 Å². The van der Waals surface area contributed by atoms with Crippen molar-refractivity contribution in [2.45, 2.75) is 19.8 Å². The van der Waals surface area contributed by atoms with E-state index in [1.165, 1.54) is 6.07 Å². The first-order chi connectivity index (χ1) is 8.58. The lowest BCUT2D eigenvalue weighted by atomic mass is 10.1. The van der Waals surface area contributed by atoms with Crippen LogP contribution in [0.15, 0.2) is 28.9 Å². The van der Waals surface area contributed by atoms with E-state index >= 15 is 0 Å². The molecule has 0 N–H and O–H groups in total. The first-order valence-corrected chi connectivity index (χ1v) is 7.42. The van der Waals surface area contributed by atoms with Crippen LogP contribution in [0.5, 0.6) is 0 Å². The molecule has 0 aliphatic rings. The lowest BCUT2D eigenvalue weighted by molar-refractivity contribution is -0.138. The highest BCUT2D eigenvalue weighted by Crippen LogP contribution is 2.15. The molecule has 0 saturated heterocycles. The van der Waals surface area contributed by atoms with Crippen LogP contribution in [-0.2, 0) is 16.0 Å². The molecule has 1 aromatic rings. The number of hydrogen-bond acceptors (Lipinski definition) is 2. The van der Waals surface area contributed by atoms with E-state index in [9.17, 15) is 9.18 Å². The number of benzene rings is 1. The first kappa shape index (κ1) is 15.4. The average molecular weight is 380 g/mol. The van der Waals surface area contributed by atoms with Gasteiger partial charge in [-0.1, -0.05) is 44.0 Å². The van der Waals surface area contributed by atoms with Gasteiger partial charge in [-0.05, 0) is 24.1 Å². The Morgan fingerprint density at radius 3 is 2.83 bits per heavy atom. The van der Waals surface area contributed by atoms with Crippen LogP contribution in [0.1, 0.15) is 17.5 Å². The second-order valence-corrected chi connectivity index (χ2v) is 4.94. The maximum atomic E-state index is 13.3. The number of rotatable bonds is 5. The topological polar surface area (TPSA) is 26.3 Å². The summed E-state index contributed by atoms with van der Waals surface area (Å²) in [6.45, 7) is 1.65. The van der Waals surface area contributed by atoms with E-state index in [1.807, 2.05) is 0 Å². The van der Waals surface area contributed by atoms with E-state index in [1.54, 1.807) is 24.0 Å². The van der Waals surface area contributed by atoms with Gasteiger partial charge in [0.1, 0.15) is 11.6 Å². The second-order valence-electron chi connectivity index (χ2n) is 3.69. The van der Waals surface area contributed by atoms with Gasteiger partial charge < -0.3 is 4.74 Å². The SMILES string of the molecule is Cc1c(F)cccc1CC(=O)O/C(=C/Br)CCBr. The van der Waals surface area contributed by atoms with Crippen molar-refractivity contribution in [3.63, 3.8) is 0 Å². The quantitative estimate of drug-likeness (QED) is 0.434. The van der Waals surface area contributed by atoms with E-state index in [4.69, 9.17) is 4.74 Å². The summed E-state index contributed by atoms with van der Waals surface area (Å²) in [4.78, 5) is 13.3. The zero-order chi connectivity index (χ0) is 13.5. The second kappa shape index (κ2) is 7.69. The van der Waals surface area contributed by atoms with Gasteiger partial charge in [0, 0.05) is 16.7 Å². The molecule has 0 amide bonds. The van der Waals surface area contributed by atoms with Gasteiger partial charge in [-0.15, -0.1) is 0 Å². The maximum Gasteiger partial charge on any atom is 0.315 e. The molecule has 1 rings (SSSR count). The predicted octanol–water partition coefficient (Wildman–Crippen LogP) is 4.24. The third kappa shape index (κ3) is 4.53. The maximum absolute atomic E-state index is 13.3. The van der Waals surface area contributed by atoms with Gasteiger partial charge in [0.2, 0.25) is 0 Å². The minimum atomic E-state index is -0.393. The Balaban J connectivity index is 2.68. The van der Waals surface area contributed by atoms with Crippen molar-refractivity contribution in [2.75, 3.05) is 5.33 Å². The summed E-state index contributed by atoms with van der Waals surface area (Å²) in [6.07, 6.45) is 0.676. The lowest BCUT2D eigenvalue weighted by Crippen LogP contribution is -2.09. The number of halogens is 3. The van der Waals surface area contributed by atoms with Gasteiger partial charge in [-0.25, -0.2) is 4.39 Å². The fourth-order valence-corrected chi connectivity index (χ4v) is 2.12. The van der Waals surface area contributed by atoms with E-state index in [2.05, 4.69) is 31.9 Å². The van der Waals surface area contributed by atoms with Crippen molar-refractivity contribution in [2.24, 2.45) is 0 Å². The zero-order valence-corrected chi connectivity index (χ0v) is 13.1. The molecule has 5 heteroatoms. The Hall–Kier alpha value is -0.680. The molecular formula is C13H13Br2FO2. The Kier molecular flexibility index (Phi) is 6.57. The van der Waals surface area contributed by atoms with Gasteiger partial charge in [0.25, 0.3) is 0 Å². The smallest absolute Gasteiger partial charge is 0.315 e. The molecule has 0 atom stereocenters. The summed E-state index contributed by atoms with van der Waals surface area (Å²) < 4.78 is 18.5. The monoisotopic (exact) mass is 378 g/mol. The van der Waals surface area contributed by atoms with Crippen LogP contribution < -0.4 is 0 Å². The summed E-state index contributed by atoms with van der Waals surface area (Å²) in [5.41, 5.74) is 1.13. The lowest BCUT2D eigenvalue weighted by Gasteiger charge is -2.08. The minimum absolute atomic E-state index is 0.0657. The van der Waals surface area contributed by atoms with Crippen LogP contribution in [0.3, 0.4) is 0 Å². The molecule has 0 radical (unpaired) electrons. The fraction of sp³-hybridized carbons (Fsp3) is 0.308. The van der Waals surface area contributed by atoms with Crippen LogP contribution in [0, 0.1) is 12.7 Å². The molecule has 0 unspecified atom stereocenters. The van der Waals surface area contributed by atoms with Gasteiger partial charge in [-0.2, -0.15) is 0 Å². The number of esters is 1. The van der Waals surface area contributed by atoms with Gasteiger partial charge in [0.15, 0.2) is 0 Å². The third-order valence-corrected chi connectivity index (χ3v) is 3.33. The van der Waals surface area contributed by atoms with E-state index in [0.29, 0.717) is 28.6 Å². The molecule has 0 saturated carbocycles. The van der Waals surface area contributed by atoms with Crippen molar-refractivity contribution in [1.82, 2.24) is 0 Å². The molecule has 98 valence electrons. The molecule has 0 bridgehead atoms. The normalized spacial score (nSPS) is 11.4. The van der Waals surface area contributed by atoms with Crippen LogP contribution >= 0.6 is 31.9 Å². The van der Waals surface area contributed by atoms with Crippen molar-refractivity contribution in [3.8, 4) is 0 Å². The standard InChI is InChI=1S/C13H13Br2FO2/c1-9-10(3-2-4-12(9)16)7-13(17)18-11(8-15)5-6-14/h2-4,8H,5-7H2,1H3/b11-8+. The number of hydrogen-bond donors (Lipinski definition) is 0. The first-order valence-electron chi connectivity index (χ1n) is 5.38. The zero-order valence-electron chi connectivity index (χ0n) is 9.88. The summed E-state index contributed by atoms with van der Waals surface area (Å²) in [6, 6.07) is 4.69. The molecule has 2 nitrogen and oxygen atoms in total. The van der Waals surface area contributed by atoms with Crippen molar-refractivity contribution < 1.29 is 13.9 Å². The third-order valence-electron chi connectivity index (χ3n) is 2.42. The molecule has 0 aliphatic carbocycles. The predicted molar refractivity (Wildman–Crippen MR) is 76.4 cm³/mol. The Bertz CT molecular complexity index is 458. The highest BCUT2D eigenvalue weighted by atomic mass is 79.9. The summed E-state index contributed by atoms with van der Waals surface area (Å²) in [7, 11) is 0. The molecule has 0 fully saturated rings. The number of ether oxygens (including phenoxy) is 1. The number of carbonyl (C=O) groups is 1. The summed E-state index contributed by atoms with van der Waals surface area (Å²) in [5, 5.41) is 0.705. The molecule has 1 aromatic carbocycles. The number of alkyl halides is 1. The van der Waals surface area contributed by atoms with E-state index < -0.39 is 5.97 Å². The molecule has 0 spiro atoms. The molecule has 18 heavy (non-hydrogen) atoms. The highest BCUT2D eigenvalue weighted by Gasteiger charge is 2.11. The van der Waals surface area contributed by atoms with Crippen molar-refractivity contribution in [1.29, 1.82) is 0 Å². The fourth-order valence-electron chi connectivity index (χ4n) is 1.40. The Labute approximate surface area is 122 Å².